The molecule has 0 aromatic carbocycles. The molecule has 1 aliphatic heterocycles. The number of rotatable bonds is 8. The smallest absolute Gasteiger partial charge is 0.246 e. The Bertz CT molecular complexity index is 548. The molecule has 2 heterocycles. The number of carbonyl (C=O) groups excluding carboxylic acids is 2. The van der Waals surface area contributed by atoms with E-state index in [1.165, 1.54) is 0 Å². The van der Waals surface area contributed by atoms with Crippen LogP contribution in [0.3, 0.4) is 0 Å². The van der Waals surface area contributed by atoms with Crippen LogP contribution in [-0.4, -0.2) is 71.7 Å². The van der Waals surface area contributed by atoms with Crippen molar-refractivity contribution < 1.29 is 14.1 Å². The topological polar surface area (TPSA) is 91.6 Å². The highest BCUT2D eigenvalue weighted by molar-refractivity contribution is 7.97. The molecule has 8 nitrogen and oxygen atoms in total. The fraction of sp³-hybridized carbons (Fsp3) is 0.714. The van der Waals surface area contributed by atoms with Gasteiger partial charge in [0.25, 0.3) is 0 Å². The van der Waals surface area contributed by atoms with Gasteiger partial charge in [0.1, 0.15) is 0 Å². The maximum atomic E-state index is 12.2. The third-order valence-corrected chi connectivity index (χ3v) is 4.15. The van der Waals surface area contributed by atoms with E-state index in [0.717, 1.165) is 6.54 Å². The molecule has 0 aliphatic carbocycles. The van der Waals surface area contributed by atoms with Crippen LogP contribution in [0, 0.1) is 5.92 Å². The number of likely N-dealkylation sites (tertiary alicyclic amines) is 1. The lowest BCUT2D eigenvalue weighted by Gasteiger charge is -2.19. The van der Waals surface area contributed by atoms with E-state index in [1.807, 2.05) is 25.3 Å². The predicted octanol–water partition coefficient (Wildman–Crippen LogP) is -0.0411. The van der Waals surface area contributed by atoms with Crippen LogP contribution in [0.4, 0.5) is 0 Å². The monoisotopic (exact) mass is 341 g/mol. The molecular formula is C14H23N5O3S. The fourth-order valence-corrected chi connectivity index (χ4v) is 2.72. The van der Waals surface area contributed by atoms with Crippen molar-refractivity contribution in [1.82, 2.24) is 25.3 Å². The van der Waals surface area contributed by atoms with Gasteiger partial charge >= 0.3 is 0 Å². The Morgan fingerprint density at radius 1 is 1.52 bits per heavy atom. The van der Waals surface area contributed by atoms with E-state index in [9.17, 15) is 9.59 Å². The van der Waals surface area contributed by atoms with Crippen LogP contribution < -0.4 is 5.32 Å². The molecule has 1 saturated heterocycles. The second kappa shape index (κ2) is 8.30. The van der Waals surface area contributed by atoms with Gasteiger partial charge < -0.3 is 19.6 Å². The maximum Gasteiger partial charge on any atom is 0.246 e. The van der Waals surface area contributed by atoms with E-state index >= 15 is 0 Å². The Hall–Kier alpha value is -1.61. The Morgan fingerprint density at radius 2 is 2.30 bits per heavy atom. The zero-order valence-electron chi connectivity index (χ0n) is 13.7. The number of carbonyl (C=O) groups is 2. The summed E-state index contributed by atoms with van der Waals surface area (Å²) in [6, 6.07) is 0. The molecule has 0 spiro atoms. The van der Waals surface area contributed by atoms with Crippen LogP contribution in [0.5, 0.6) is 0 Å². The van der Waals surface area contributed by atoms with Crippen molar-refractivity contribution in [2.24, 2.45) is 5.92 Å². The second-order valence-corrected chi connectivity index (χ2v) is 6.67. The molecule has 0 radical (unpaired) electrons. The molecule has 0 unspecified atom stereocenters. The van der Waals surface area contributed by atoms with E-state index in [1.54, 1.807) is 16.7 Å². The zero-order chi connectivity index (χ0) is 16.8. The lowest BCUT2D eigenvalue weighted by atomic mass is 10.1. The maximum absolute atomic E-state index is 12.2. The molecule has 2 rings (SSSR count). The standard InChI is InChI=1S/C14H23N5O3S/c1-18(2)4-5-19-8-10(6-13(19)20)14(21)15-7-12-16-11(9-23-3)17-22-12/h10H,4-9H2,1-3H3,(H,15,21)/t10-/m0/s1. The first-order valence-corrected chi connectivity index (χ1v) is 8.89. The van der Waals surface area contributed by atoms with Gasteiger partial charge in [0.05, 0.1) is 18.2 Å². The van der Waals surface area contributed by atoms with E-state index in [-0.39, 0.29) is 30.7 Å². The van der Waals surface area contributed by atoms with Crippen LogP contribution in [0.2, 0.25) is 0 Å². The number of aromatic nitrogens is 2. The van der Waals surface area contributed by atoms with Gasteiger partial charge in [-0.3, -0.25) is 9.59 Å². The summed E-state index contributed by atoms with van der Waals surface area (Å²) in [6.07, 6.45) is 2.22. The van der Waals surface area contributed by atoms with E-state index < -0.39 is 0 Å². The highest BCUT2D eigenvalue weighted by Crippen LogP contribution is 2.17. The molecule has 1 atom stereocenters. The van der Waals surface area contributed by atoms with Gasteiger partial charge in [-0.15, -0.1) is 0 Å². The summed E-state index contributed by atoms with van der Waals surface area (Å²) in [7, 11) is 3.92. The minimum atomic E-state index is -0.307. The molecule has 1 aromatic heterocycles. The molecular weight excluding hydrogens is 318 g/mol. The van der Waals surface area contributed by atoms with Gasteiger partial charge in [-0.05, 0) is 20.4 Å². The van der Waals surface area contributed by atoms with Gasteiger partial charge in [-0.25, -0.2) is 0 Å². The van der Waals surface area contributed by atoms with Crippen molar-refractivity contribution in [3.8, 4) is 0 Å². The number of nitrogens with one attached hydrogen (secondary N) is 1. The largest absolute Gasteiger partial charge is 0.347 e. The Balaban J connectivity index is 1.78. The summed E-state index contributed by atoms with van der Waals surface area (Å²) >= 11 is 1.60. The minimum absolute atomic E-state index is 0.0343. The summed E-state index contributed by atoms with van der Waals surface area (Å²) in [5.41, 5.74) is 0. The summed E-state index contributed by atoms with van der Waals surface area (Å²) in [6.45, 7) is 2.11. The number of hydrogen-bond donors (Lipinski definition) is 1. The minimum Gasteiger partial charge on any atom is -0.347 e. The number of nitrogens with zero attached hydrogens (tertiary/aromatic N) is 4. The molecule has 128 valence electrons. The third kappa shape index (κ3) is 5.21. The van der Waals surface area contributed by atoms with Crippen LogP contribution in [0.25, 0.3) is 0 Å². The summed E-state index contributed by atoms with van der Waals surface area (Å²) in [4.78, 5) is 32.1. The molecule has 1 N–H and O–H groups in total. The number of amides is 2. The highest BCUT2D eigenvalue weighted by Gasteiger charge is 2.34. The van der Waals surface area contributed by atoms with Crippen molar-refractivity contribution in [2.75, 3.05) is 40.0 Å². The normalized spacial score (nSPS) is 18.0. The first kappa shape index (κ1) is 17.7. The zero-order valence-corrected chi connectivity index (χ0v) is 14.6. The lowest BCUT2D eigenvalue weighted by molar-refractivity contribution is -0.129. The summed E-state index contributed by atoms with van der Waals surface area (Å²) < 4.78 is 5.07. The van der Waals surface area contributed by atoms with Gasteiger partial charge in [-0.1, -0.05) is 5.16 Å². The van der Waals surface area contributed by atoms with Crippen molar-refractivity contribution in [3.05, 3.63) is 11.7 Å². The van der Waals surface area contributed by atoms with Crippen LogP contribution in [0.1, 0.15) is 18.1 Å². The molecule has 23 heavy (non-hydrogen) atoms. The van der Waals surface area contributed by atoms with E-state index in [2.05, 4.69) is 15.5 Å². The van der Waals surface area contributed by atoms with Gasteiger partial charge in [0.15, 0.2) is 5.82 Å². The highest BCUT2D eigenvalue weighted by atomic mass is 32.2. The van der Waals surface area contributed by atoms with Crippen molar-refractivity contribution in [3.63, 3.8) is 0 Å². The van der Waals surface area contributed by atoms with Crippen LogP contribution in [0.15, 0.2) is 4.52 Å². The number of likely N-dealkylation sites (N-methyl/N-ethyl adjacent to an activating group) is 1. The van der Waals surface area contributed by atoms with Crippen molar-refractivity contribution >= 4 is 23.6 Å². The van der Waals surface area contributed by atoms with Gasteiger partial charge in [0.2, 0.25) is 17.7 Å². The molecule has 1 aromatic rings. The van der Waals surface area contributed by atoms with Crippen molar-refractivity contribution in [1.29, 1.82) is 0 Å². The van der Waals surface area contributed by atoms with E-state index in [0.29, 0.717) is 30.6 Å². The molecule has 1 fully saturated rings. The third-order valence-electron chi connectivity index (χ3n) is 3.60. The first-order valence-electron chi connectivity index (χ1n) is 7.50. The number of thioether (sulfide) groups is 1. The SMILES string of the molecule is CSCc1noc(CNC(=O)[C@H]2CC(=O)N(CCN(C)C)C2)n1. The van der Waals surface area contributed by atoms with Crippen molar-refractivity contribution in [2.45, 2.75) is 18.7 Å². The quantitative estimate of drug-likeness (QED) is 0.709. The fourth-order valence-electron chi connectivity index (χ4n) is 2.34. The van der Waals surface area contributed by atoms with E-state index in [4.69, 9.17) is 4.52 Å². The number of hydrogen-bond acceptors (Lipinski definition) is 7. The van der Waals surface area contributed by atoms with Crippen LogP contribution >= 0.6 is 11.8 Å². The molecule has 0 saturated carbocycles. The molecule has 0 bridgehead atoms. The average molecular weight is 341 g/mol. The van der Waals surface area contributed by atoms with Gasteiger partial charge in [0, 0.05) is 26.1 Å². The lowest BCUT2D eigenvalue weighted by Crippen LogP contribution is -2.35. The van der Waals surface area contributed by atoms with Gasteiger partial charge in [-0.2, -0.15) is 16.7 Å². The Kier molecular flexibility index (Phi) is 6.40. The summed E-state index contributed by atoms with van der Waals surface area (Å²) in [5, 5.41) is 6.59. The molecule has 2 amide bonds. The molecule has 1 aliphatic rings. The average Bonchev–Trinajstić information content (AvgIpc) is 3.10. The summed E-state index contributed by atoms with van der Waals surface area (Å²) in [5.74, 6) is 1.26. The Morgan fingerprint density at radius 3 is 3.00 bits per heavy atom. The Labute approximate surface area is 140 Å². The predicted molar refractivity (Wildman–Crippen MR) is 86.6 cm³/mol. The second-order valence-electron chi connectivity index (χ2n) is 5.80. The van der Waals surface area contributed by atoms with Crippen LogP contribution in [-0.2, 0) is 21.9 Å². The first-order chi connectivity index (χ1) is 11.0. The molecule has 9 heteroatoms.